The summed E-state index contributed by atoms with van der Waals surface area (Å²) >= 11 is 0. The molecule has 1 aromatic rings. The molecule has 3 nitrogen and oxygen atoms in total. The van der Waals surface area contributed by atoms with Crippen LogP contribution in [-0.2, 0) is 4.79 Å². The third-order valence-corrected chi connectivity index (χ3v) is 3.00. The normalized spacial score (nSPS) is 17.4. The number of fused-ring (bicyclic) bond motifs is 1. The molecule has 0 atom stereocenters. The van der Waals surface area contributed by atoms with E-state index in [1.807, 2.05) is 0 Å². The van der Waals surface area contributed by atoms with E-state index >= 15 is 0 Å². The lowest BCUT2D eigenvalue weighted by Gasteiger charge is -2.39. The number of nitrogens with zero attached hydrogens (tertiary/aromatic N) is 1. The summed E-state index contributed by atoms with van der Waals surface area (Å²) in [6.45, 7) is 3.83. The second-order valence-electron chi connectivity index (χ2n) is 5.42. The van der Waals surface area contributed by atoms with Gasteiger partial charge in [-0.1, -0.05) is 12.1 Å². The summed E-state index contributed by atoms with van der Waals surface area (Å²) in [5, 5.41) is 0. The third-order valence-electron chi connectivity index (χ3n) is 3.00. The van der Waals surface area contributed by atoms with E-state index < -0.39 is 30.5 Å². The molecule has 1 aromatic carbocycles. The van der Waals surface area contributed by atoms with Gasteiger partial charge in [0.05, 0.1) is 18.7 Å². The lowest BCUT2D eigenvalue weighted by Crippen LogP contribution is -2.49. The molecule has 0 bridgehead atoms. The molecule has 1 amide bonds. The quantitative estimate of drug-likeness (QED) is 0.832. The van der Waals surface area contributed by atoms with E-state index in [1.165, 1.54) is 4.90 Å². The van der Waals surface area contributed by atoms with Crippen LogP contribution in [-0.4, -0.2) is 24.2 Å². The van der Waals surface area contributed by atoms with Crippen LogP contribution in [0, 0.1) is 0 Å². The van der Waals surface area contributed by atoms with Crippen molar-refractivity contribution in [2.24, 2.45) is 0 Å². The number of carbonyl (C=O) groups is 1. The van der Waals surface area contributed by atoms with E-state index in [2.05, 4.69) is 0 Å². The van der Waals surface area contributed by atoms with Crippen LogP contribution < -0.4 is 9.64 Å². The summed E-state index contributed by atoms with van der Waals surface area (Å²) in [6.07, 6.45) is -5.98. The summed E-state index contributed by atoms with van der Waals surface area (Å²) in [5.41, 5.74) is -0.0959. The molecule has 1 aliphatic rings. The first-order valence-corrected chi connectivity index (χ1v) is 6.33. The fraction of sp³-hybridized carbons (Fsp3) is 0.500. The highest BCUT2D eigenvalue weighted by Gasteiger charge is 2.36. The van der Waals surface area contributed by atoms with Gasteiger partial charge < -0.3 is 9.64 Å². The minimum absolute atomic E-state index is 0.237. The van der Waals surface area contributed by atoms with Crippen molar-refractivity contribution in [2.75, 3.05) is 11.4 Å². The van der Waals surface area contributed by atoms with Crippen LogP contribution in [0.5, 0.6) is 5.75 Å². The number of benzene rings is 1. The maximum absolute atomic E-state index is 12.2. The Morgan fingerprint density at radius 2 is 2.00 bits per heavy atom. The monoisotopic (exact) mass is 287 g/mol. The smallest absolute Gasteiger partial charge is 0.389 e. The van der Waals surface area contributed by atoms with E-state index in [0.717, 1.165) is 0 Å². The molecule has 0 spiro atoms. The van der Waals surface area contributed by atoms with E-state index in [1.54, 1.807) is 38.1 Å². The molecule has 20 heavy (non-hydrogen) atoms. The number of alkyl halides is 3. The molecule has 0 saturated carbocycles. The average molecular weight is 287 g/mol. The van der Waals surface area contributed by atoms with Gasteiger partial charge in [0.15, 0.2) is 0 Å². The second kappa shape index (κ2) is 5.00. The Morgan fingerprint density at radius 1 is 1.35 bits per heavy atom. The standard InChI is InChI=1S/C14H16F3NO2/c1-13(2)9-18(12(19)7-8-14(15,16)17)10-5-3-4-6-11(10)20-13/h3-6H,7-9H2,1-2H3. The van der Waals surface area contributed by atoms with Crippen molar-refractivity contribution < 1.29 is 22.7 Å². The minimum Gasteiger partial charge on any atom is -0.484 e. The van der Waals surface area contributed by atoms with Crippen LogP contribution in [0.3, 0.4) is 0 Å². The number of carbonyl (C=O) groups excluding carboxylic acids is 1. The van der Waals surface area contributed by atoms with Gasteiger partial charge in [-0.25, -0.2) is 0 Å². The average Bonchev–Trinajstić information content (AvgIpc) is 2.33. The van der Waals surface area contributed by atoms with Crippen molar-refractivity contribution in [1.82, 2.24) is 0 Å². The molecule has 0 aliphatic carbocycles. The topological polar surface area (TPSA) is 29.5 Å². The molecule has 0 aromatic heterocycles. The first kappa shape index (κ1) is 14.7. The van der Waals surface area contributed by atoms with Crippen LogP contribution in [0.15, 0.2) is 24.3 Å². The van der Waals surface area contributed by atoms with Crippen molar-refractivity contribution in [3.05, 3.63) is 24.3 Å². The number of para-hydroxylation sites is 2. The number of amides is 1. The highest BCUT2D eigenvalue weighted by Crippen LogP contribution is 2.37. The van der Waals surface area contributed by atoms with Crippen molar-refractivity contribution in [1.29, 1.82) is 0 Å². The molecule has 0 fully saturated rings. The Morgan fingerprint density at radius 3 is 2.65 bits per heavy atom. The first-order valence-electron chi connectivity index (χ1n) is 6.33. The highest BCUT2D eigenvalue weighted by atomic mass is 19.4. The maximum atomic E-state index is 12.2. The molecular formula is C14H16F3NO2. The third kappa shape index (κ3) is 3.43. The van der Waals surface area contributed by atoms with Crippen molar-refractivity contribution >= 4 is 11.6 Å². The second-order valence-corrected chi connectivity index (χ2v) is 5.42. The van der Waals surface area contributed by atoms with Gasteiger partial charge in [0.2, 0.25) is 5.91 Å². The largest absolute Gasteiger partial charge is 0.484 e. The fourth-order valence-corrected chi connectivity index (χ4v) is 2.17. The predicted molar refractivity (Wildman–Crippen MR) is 68.8 cm³/mol. The number of hydrogen-bond donors (Lipinski definition) is 0. The molecule has 6 heteroatoms. The van der Waals surface area contributed by atoms with Crippen LogP contribution in [0.1, 0.15) is 26.7 Å². The molecule has 1 aliphatic heterocycles. The Bertz CT molecular complexity index is 511. The van der Waals surface area contributed by atoms with Crippen LogP contribution in [0.4, 0.5) is 18.9 Å². The van der Waals surface area contributed by atoms with Crippen molar-refractivity contribution in [2.45, 2.75) is 38.5 Å². The number of rotatable bonds is 2. The summed E-state index contributed by atoms with van der Waals surface area (Å²) in [4.78, 5) is 13.4. The zero-order chi connectivity index (χ0) is 15.0. The van der Waals surface area contributed by atoms with Gasteiger partial charge in [-0.2, -0.15) is 13.2 Å². The molecule has 2 rings (SSSR count). The van der Waals surface area contributed by atoms with Crippen molar-refractivity contribution in [3.8, 4) is 5.75 Å². The molecule has 110 valence electrons. The molecule has 0 unspecified atom stereocenters. The van der Waals surface area contributed by atoms with Gasteiger partial charge in [0.1, 0.15) is 11.4 Å². The number of hydrogen-bond acceptors (Lipinski definition) is 2. The minimum atomic E-state index is -4.32. The Kier molecular flexibility index (Phi) is 3.67. The van der Waals surface area contributed by atoms with E-state index in [-0.39, 0.29) is 6.54 Å². The SMILES string of the molecule is CC1(C)CN(C(=O)CCC(F)(F)F)c2ccccc2O1. The maximum Gasteiger partial charge on any atom is 0.389 e. The Hall–Kier alpha value is -1.72. The molecule has 0 radical (unpaired) electrons. The first-order chi connectivity index (χ1) is 9.18. The van der Waals surface area contributed by atoms with Gasteiger partial charge in [-0.05, 0) is 26.0 Å². The van der Waals surface area contributed by atoms with E-state index in [4.69, 9.17) is 4.74 Å². The van der Waals surface area contributed by atoms with Crippen LogP contribution in [0.2, 0.25) is 0 Å². The summed E-state index contributed by atoms with van der Waals surface area (Å²) in [6, 6.07) is 6.87. The van der Waals surface area contributed by atoms with Crippen LogP contribution >= 0.6 is 0 Å². The lowest BCUT2D eigenvalue weighted by atomic mass is 10.0. The zero-order valence-corrected chi connectivity index (χ0v) is 11.3. The Labute approximate surface area is 115 Å². The van der Waals surface area contributed by atoms with Gasteiger partial charge in [0.25, 0.3) is 0 Å². The summed E-state index contributed by atoms with van der Waals surface area (Å²) < 4.78 is 42.4. The Balaban J connectivity index is 2.20. The molecular weight excluding hydrogens is 271 g/mol. The summed E-state index contributed by atoms with van der Waals surface area (Å²) in [5.74, 6) is -0.0183. The van der Waals surface area contributed by atoms with E-state index in [9.17, 15) is 18.0 Å². The van der Waals surface area contributed by atoms with Gasteiger partial charge in [-0.15, -0.1) is 0 Å². The number of anilines is 1. The molecule has 0 N–H and O–H groups in total. The lowest BCUT2D eigenvalue weighted by molar-refractivity contribution is -0.143. The summed E-state index contributed by atoms with van der Waals surface area (Å²) in [7, 11) is 0. The predicted octanol–water partition coefficient (Wildman–Crippen LogP) is 3.53. The number of halogens is 3. The van der Waals surface area contributed by atoms with Gasteiger partial charge in [-0.3, -0.25) is 4.79 Å². The molecule has 0 saturated heterocycles. The van der Waals surface area contributed by atoms with Crippen molar-refractivity contribution in [3.63, 3.8) is 0 Å². The molecule has 1 heterocycles. The van der Waals surface area contributed by atoms with Gasteiger partial charge >= 0.3 is 6.18 Å². The fourth-order valence-electron chi connectivity index (χ4n) is 2.17. The van der Waals surface area contributed by atoms with Crippen LogP contribution in [0.25, 0.3) is 0 Å². The van der Waals surface area contributed by atoms with E-state index in [0.29, 0.717) is 11.4 Å². The number of ether oxygens (including phenoxy) is 1. The highest BCUT2D eigenvalue weighted by molar-refractivity contribution is 5.95. The zero-order valence-electron chi connectivity index (χ0n) is 11.3. The van der Waals surface area contributed by atoms with Gasteiger partial charge in [0, 0.05) is 6.42 Å².